The van der Waals surface area contributed by atoms with E-state index < -0.39 is 6.10 Å². The fourth-order valence-corrected chi connectivity index (χ4v) is 2.21. The Bertz CT molecular complexity index is 477. The summed E-state index contributed by atoms with van der Waals surface area (Å²) in [5.74, 6) is 0.487. The normalized spacial score (nSPS) is 12.6. The number of para-hydroxylation sites is 1. The summed E-state index contributed by atoms with van der Waals surface area (Å²) in [7, 11) is 1.56. The molecule has 0 amide bonds. The van der Waals surface area contributed by atoms with Crippen LogP contribution in [0.2, 0.25) is 0 Å². The molecule has 1 atom stereocenters. The van der Waals surface area contributed by atoms with Gasteiger partial charge in [-0.2, -0.15) is 4.68 Å². The summed E-state index contributed by atoms with van der Waals surface area (Å²) >= 11 is 1.39. The van der Waals surface area contributed by atoms with Crippen molar-refractivity contribution in [1.29, 1.82) is 0 Å². The van der Waals surface area contributed by atoms with Gasteiger partial charge in [0.15, 0.2) is 0 Å². The standard InChI is InChI=1S/C11H14N4O2S/c1-17-7-10(16)8-18-11-12-13-14-15(11)9-5-3-2-4-6-9/h2-6,10,16H,7-8H2,1H3. The van der Waals surface area contributed by atoms with Gasteiger partial charge in [-0.3, -0.25) is 0 Å². The highest BCUT2D eigenvalue weighted by atomic mass is 32.2. The van der Waals surface area contributed by atoms with E-state index in [4.69, 9.17) is 4.74 Å². The molecule has 7 heteroatoms. The van der Waals surface area contributed by atoms with Gasteiger partial charge < -0.3 is 9.84 Å². The molecule has 0 aliphatic carbocycles. The van der Waals surface area contributed by atoms with E-state index in [1.165, 1.54) is 11.8 Å². The molecule has 2 aromatic rings. The summed E-state index contributed by atoms with van der Waals surface area (Å²) in [5.41, 5.74) is 0.895. The Kier molecular flexibility index (Phi) is 4.68. The summed E-state index contributed by atoms with van der Waals surface area (Å²) in [6, 6.07) is 9.62. The quantitative estimate of drug-likeness (QED) is 0.778. The molecule has 0 aliphatic rings. The van der Waals surface area contributed by atoms with Crippen molar-refractivity contribution >= 4 is 11.8 Å². The summed E-state index contributed by atoms with van der Waals surface area (Å²) in [5, 5.41) is 21.8. The van der Waals surface area contributed by atoms with Gasteiger partial charge in [0, 0.05) is 12.9 Å². The molecule has 18 heavy (non-hydrogen) atoms. The molecule has 0 spiro atoms. The number of aliphatic hydroxyl groups is 1. The molecule has 1 heterocycles. The predicted octanol–water partition coefficient (Wildman–Crippen LogP) is 0.762. The van der Waals surface area contributed by atoms with Crippen molar-refractivity contribution in [3.63, 3.8) is 0 Å². The van der Waals surface area contributed by atoms with Crippen LogP contribution in [0.5, 0.6) is 0 Å². The lowest BCUT2D eigenvalue weighted by Crippen LogP contribution is -2.17. The number of benzene rings is 1. The molecule has 1 unspecified atom stereocenters. The molecule has 0 saturated heterocycles. The van der Waals surface area contributed by atoms with Gasteiger partial charge >= 0.3 is 0 Å². The highest BCUT2D eigenvalue weighted by molar-refractivity contribution is 7.99. The maximum absolute atomic E-state index is 9.59. The predicted molar refractivity (Wildman–Crippen MR) is 67.8 cm³/mol. The first-order valence-electron chi connectivity index (χ1n) is 5.45. The van der Waals surface area contributed by atoms with Gasteiger partial charge in [0.05, 0.1) is 18.4 Å². The molecule has 1 aromatic carbocycles. The smallest absolute Gasteiger partial charge is 0.214 e. The maximum Gasteiger partial charge on any atom is 0.214 e. The van der Waals surface area contributed by atoms with Crippen molar-refractivity contribution in [3.05, 3.63) is 30.3 Å². The lowest BCUT2D eigenvalue weighted by Gasteiger charge is -2.08. The van der Waals surface area contributed by atoms with Crippen LogP contribution in [0.15, 0.2) is 35.5 Å². The molecular formula is C11H14N4O2S. The minimum Gasteiger partial charge on any atom is -0.390 e. The third-order valence-corrected chi connectivity index (χ3v) is 3.27. The number of nitrogens with zero attached hydrogens (tertiary/aromatic N) is 4. The van der Waals surface area contributed by atoms with E-state index in [0.717, 1.165) is 5.69 Å². The van der Waals surface area contributed by atoms with Crippen molar-refractivity contribution in [1.82, 2.24) is 20.2 Å². The topological polar surface area (TPSA) is 73.1 Å². The number of aliphatic hydroxyl groups excluding tert-OH is 1. The van der Waals surface area contributed by atoms with Crippen LogP contribution in [0, 0.1) is 0 Å². The maximum atomic E-state index is 9.59. The fraction of sp³-hybridized carbons (Fsp3) is 0.364. The minimum absolute atomic E-state index is 0.305. The zero-order chi connectivity index (χ0) is 12.8. The minimum atomic E-state index is -0.527. The van der Waals surface area contributed by atoms with E-state index in [1.807, 2.05) is 30.3 Å². The van der Waals surface area contributed by atoms with E-state index >= 15 is 0 Å². The van der Waals surface area contributed by atoms with Gasteiger partial charge in [-0.25, -0.2) is 0 Å². The second-order valence-electron chi connectivity index (χ2n) is 3.63. The molecule has 1 aromatic heterocycles. The van der Waals surface area contributed by atoms with E-state index in [0.29, 0.717) is 17.5 Å². The van der Waals surface area contributed by atoms with Crippen LogP contribution in [0.3, 0.4) is 0 Å². The van der Waals surface area contributed by atoms with Crippen LogP contribution in [-0.2, 0) is 4.74 Å². The highest BCUT2D eigenvalue weighted by Crippen LogP contribution is 2.18. The van der Waals surface area contributed by atoms with Gasteiger partial charge in [0.2, 0.25) is 5.16 Å². The van der Waals surface area contributed by atoms with Crippen molar-refractivity contribution in [3.8, 4) is 5.69 Å². The summed E-state index contributed by atoms with van der Waals surface area (Å²) in [4.78, 5) is 0. The van der Waals surface area contributed by atoms with Crippen molar-refractivity contribution in [2.45, 2.75) is 11.3 Å². The van der Waals surface area contributed by atoms with Crippen LogP contribution in [0.25, 0.3) is 5.69 Å². The van der Waals surface area contributed by atoms with Gasteiger partial charge in [-0.15, -0.1) is 5.10 Å². The molecule has 0 aliphatic heterocycles. The zero-order valence-electron chi connectivity index (χ0n) is 9.93. The van der Waals surface area contributed by atoms with Gasteiger partial charge in [0.1, 0.15) is 0 Å². The first kappa shape index (κ1) is 13.0. The molecular weight excluding hydrogens is 252 g/mol. The monoisotopic (exact) mass is 266 g/mol. The Labute approximate surface area is 109 Å². The Hall–Kier alpha value is -1.44. The molecule has 0 fully saturated rings. The highest BCUT2D eigenvalue weighted by Gasteiger charge is 2.11. The summed E-state index contributed by atoms with van der Waals surface area (Å²) in [6.45, 7) is 0.305. The number of aromatic nitrogens is 4. The van der Waals surface area contributed by atoms with Crippen LogP contribution < -0.4 is 0 Å². The third kappa shape index (κ3) is 3.28. The van der Waals surface area contributed by atoms with E-state index in [-0.39, 0.29) is 0 Å². The number of hydrogen-bond donors (Lipinski definition) is 1. The number of thioether (sulfide) groups is 1. The van der Waals surface area contributed by atoms with Gasteiger partial charge in [0.25, 0.3) is 0 Å². The van der Waals surface area contributed by atoms with E-state index in [1.54, 1.807) is 11.8 Å². The van der Waals surface area contributed by atoms with Crippen LogP contribution in [0.4, 0.5) is 0 Å². The van der Waals surface area contributed by atoms with Crippen molar-refractivity contribution in [2.75, 3.05) is 19.5 Å². The molecule has 0 bridgehead atoms. The van der Waals surface area contributed by atoms with Crippen LogP contribution in [-0.4, -0.2) is 50.9 Å². The molecule has 0 radical (unpaired) electrons. The Morgan fingerprint density at radius 1 is 1.39 bits per heavy atom. The van der Waals surface area contributed by atoms with Crippen molar-refractivity contribution in [2.24, 2.45) is 0 Å². The van der Waals surface area contributed by atoms with Crippen LogP contribution in [0.1, 0.15) is 0 Å². The zero-order valence-corrected chi connectivity index (χ0v) is 10.7. The second-order valence-corrected chi connectivity index (χ2v) is 4.62. The largest absolute Gasteiger partial charge is 0.390 e. The second kappa shape index (κ2) is 6.48. The molecule has 6 nitrogen and oxygen atoms in total. The SMILES string of the molecule is COCC(O)CSc1nnnn1-c1ccccc1. The van der Waals surface area contributed by atoms with E-state index in [2.05, 4.69) is 15.5 Å². The molecule has 96 valence electrons. The number of tetrazole rings is 1. The molecule has 2 rings (SSSR count). The number of ether oxygens (including phenoxy) is 1. The average Bonchev–Trinajstić information content (AvgIpc) is 2.86. The molecule has 0 saturated carbocycles. The fourth-order valence-electron chi connectivity index (χ4n) is 1.41. The summed E-state index contributed by atoms with van der Waals surface area (Å²) < 4.78 is 6.51. The third-order valence-electron chi connectivity index (χ3n) is 2.21. The van der Waals surface area contributed by atoms with E-state index in [9.17, 15) is 5.11 Å². The number of rotatable bonds is 6. The average molecular weight is 266 g/mol. The lowest BCUT2D eigenvalue weighted by molar-refractivity contribution is 0.0793. The van der Waals surface area contributed by atoms with Crippen molar-refractivity contribution < 1.29 is 9.84 Å². The Balaban J connectivity index is 2.05. The first-order chi connectivity index (χ1) is 8.81. The molecule has 1 N–H and O–H groups in total. The lowest BCUT2D eigenvalue weighted by atomic mass is 10.3. The van der Waals surface area contributed by atoms with Gasteiger partial charge in [-0.05, 0) is 22.6 Å². The number of methoxy groups -OCH3 is 1. The number of hydrogen-bond acceptors (Lipinski definition) is 6. The van der Waals surface area contributed by atoms with Gasteiger partial charge in [-0.1, -0.05) is 30.0 Å². The summed E-state index contributed by atoms with van der Waals surface area (Å²) in [6.07, 6.45) is -0.527. The van der Waals surface area contributed by atoms with Crippen LogP contribution >= 0.6 is 11.8 Å². The Morgan fingerprint density at radius 2 is 2.17 bits per heavy atom. The first-order valence-corrected chi connectivity index (χ1v) is 6.43. The Morgan fingerprint density at radius 3 is 2.89 bits per heavy atom.